The molecule has 0 amide bonds. The number of unbranched alkanes of at least 4 members (excludes halogenated alkanes) is 2. The van der Waals surface area contributed by atoms with E-state index < -0.39 is 11.2 Å². The van der Waals surface area contributed by atoms with Gasteiger partial charge in [0.05, 0.1) is 0 Å². The lowest BCUT2D eigenvalue weighted by Crippen LogP contribution is -2.08. The van der Waals surface area contributed by atoms with Crippen molar-refractivity contribution >= 4 is 17.7 Å². The molecular weight excluding hydrogens is 400 g/mol. The van der Waals surface area contributed by atoms with Gasteiger partial charge in [-0.15, -0.1) is 11.8 Å². The summed E-state index contributed by atoms with van der Waals surface area (Å²) in [5.74, 6) is 0.116. The molecule has 1 aromatic carbocycles. The Hall–Kier alpha value is -2.26. The van der Waals surface area contributed by atoms with Gasteiger partial charge in [-0.2, -0.15) is 0 Å². The molecule has 1 rings (SSSR count). The van der Waals surface area contributed by atoms with Crippen LogP contribution >= 0.6 is 11.8 Å². The van der Waals surface area contributed by atoms with E-state index in [0.29, 0.717) is 0 Å². The van der Waals surface area contributed by atoms with Crippen LogP contribution in [0.15, 0.2) is 91.1 Å². The first-order valence-corrected chi connectivity index (χ1v) is 12.4. The quantitative estimate of drug-likeness (QED) is 0.196. The Labute approximate surface area is 193 Å². The van der Waals surface area contributed by atoms with Gasteiger partial charge in [0.2, 0.25) is 0 Å². The van der Waals surface area contributed by atoms with Crippen molar-refractivity contribution in [2.24, 2.45) is 0 Å². The monoisotopic (exact) mass is 438 g/mol. The average molecular weight is 439 g/mol. The maximum atomic E-state index is 11.5. The zero-order valence-electron chi connectivity index (χ0n) is 18.9. The number of allylic oxidation sites excluding steroid dienone is 10. The van der Waals surface area contributed by atoms with Gasteiger partial charge in [-0.3, -0.25) is 4.79 Å². The second-order valence-electron chi connectivity index (χ2n) is 7.20. The number of carboxylic acids is 1. The number of rotatable bonds is 17. The maximum Gasteiger partial charge on any atom is 0.321 e. The van der Waals surface area contributed by atoms with Crippen LogP contribution in [0.2, 0.25) is 0 Å². The zero-order chi connectivity index (χ0) is 22.4. The normalized spacial score (nSPS) is 13.5. The Kier molecular flexibility index (Phi) is 17.0. The molecule has 1 atom stereocenters. The van der Waals surface area contributed by atoms with Gasteiger partial charge in [0.1, 0.15) is 5.25 Å². The second-order valence-corrected chi connectivity index (χ2v) is 8.42. The summed E-state index contributed by atoms with van der Waals surface area (Å²) >= 11 is 1.52. The van der Waals surface area contributed by atoms with E-state index in [4.69, 9.17) is 0 Å². The number of carbonyl (C=O) groups is 1. The van der Waals surface area contributed by atoms with Gasteiger partial charge in [0.15, 0.2) is 0 Å². The highest BCUT2D eigenvalue weighted by Gasteiger charge is 2.19. The van der Waals surface area contributed by atoms with Crippen LogP contribution in [0.25, 0.3) is 0 Å². The van der Waals surface area contributed by atoms with Crippen molar-refractivity contribution in [1.82, 2.24) is 0 Å². The minimum atomic E-state index is -0.756. The molecule has 0 aliphatic heterocycles. The molecule has 0 aromatic heterocycles. The van der Waals surface area contributed by atoms with Crippen molar-refractivity contribution in [3.8, 4) is 0 Å². The lowest BCUT2D eigenvalue weighted by Gasteiger charge is -2.12. The van der Waals surface area contributed by atoms with Crippen LogP contribution in [0.4, 0.5) is 0 Å². The highest BCUT2D eigenvalue weighted by molar-refractivity contribution is 8.00. The lowest BCUT2D eigenvalue weighted by atomic mass is 10.1. The van der Waals surface area contributed by atoms with Gasteiger partial charge in [-0.25, -0.2) is 0 Å². The third kappa shape index (κ3) is 15.2. The Morgan fingerprint density at radius 2 is 1.32 bits per heavy atom. The lowest BCUT2D eigenvalue weighted by molar-refractivity contribution is -0.136. The summed E-state index contributed by atoms with van der Waals surface area (Å²) in [5, 5.41) is 8.97. The molecule has 0 aliphatic carbocycles. The highest BCUT2D eigenvalue weighted by Crippen LogP contribution is 2.29. The molecule has 0 saturated heterocycles. The van der Waals surface area contributed by atoms with Crippen LogP contribution in [-0.2, 0) is 4.79 Å². The van der Waals surface area contributed by atoms with E-state index in [-0.39, 0.29) is 0 Å². The van der Waals surface area contributed by atoms with Crippen LogP contribution in [0.1, 0.15) is 69.1 Å². The van der Waals surface area contributed by atoms with E-state index in [1.165, 1.54) is 11.8 Å². The second kappa shape index (κ2) is 19.7. The van der Waals surface area contributed by atoms with Gasteiger partial charge >= 0.3 is 5.97 Å². The van der Waals surface area contributed by atoms with Gasteiger partial charge in [-0.05, 0) is 62.7 Å². The molecule has 1 N–H and O–H groups in total. The summed E-state index contributed by atoms with van der Waals surface area (Å²) in [6, 6.07) is 9.49. The third-order valence-electron chi connectivity index (χ3n) is 4.53. The Bertz CT molecular complexity index is 714. The minimum absolute atomic E-state index is 0.463. The van der Waals surface area contributed by atoms with E-state index in [2.05, 4.69) is 67.7 Å². The molecule has 3 heteroatoms. The van der Waals surface area contributed by atoms with Crippen LogP contribution < -0.4 is 0 Å². The molecule has 0 saturated carbocycles. The Morgan fingerprint density at radius 3 is 1.84 bits per heavy atom. The summed E-state index contributed by atoms with van der Waals surface area (Å²) in [4.78, 5) is 11.5. The van der Waals surface area contributed by atoms with Crippen LogP contribution in [0, 0.1) is 0 Å². The number of thioether (sulfide) groups is 1. The fourth-order valence-corrected chi connectivity index (χ4v) is 3.97. The summed E-state index contributed by atoms with van der Waals surface area (Å²) < 4.78 is 0. The van der Waals surface area contributed by atoms with Gasteiger partial charge in [0.25, 0.3) is 0 Å². The molecule has 0 heterocycles. The predicted molar refractivity (Wildman–Crippen MR) is 138 cm³/mol. The van der Waals surface area contributed by atoms with Crippen LogP contribution in [0.3, 0.4) is 0 Å². The first-order valence-electron chi connectivity index (χ1n) is 11.4. The van der Waals surface area contributed by atoms with Crippen LogP contribution in [0.5, 0.6) is 0 Å². The zero-order valence-corrected chi connectivity index (χ0v) is 19.7. The van der Waals surface area contributed by atoms with E-state index in [1.54, 1.807) is 0 Å². The van der Waals surface area contributed by atoms with Crippen molar-refractivity contribution in [2.45, 2.75) is 63.5 Å². The molecule has 31 heavy (non-hydrogen) atoms. The summed E-state index contributed by atoms with van der Waals surface area (Å²) in [6.07, 6.45) is 30.4. The molecule has 2 nitrogen and oxygen atoms in total. The fraction of sp³-hybridized carbons (Fsp3) is 0.393. The first kappa shape index (κ1) is 26.8. The molecule has 0 spiro atoms. The summed E-state index contributed by atoms with van der Waals surface area (Å²) in [5.41, 5.74) is 0.873. The molecule has 1 aromatic rings. The average Bonchev–Trinajstić information content (AvgIpc) is 2.78. The molecule has 168 valence electrons. The molecule has 1 unspecified atom stereocenters. The molecule has 0 bridgehead atoms. The van der Waals surface area contributed by atoms with E-state index in [1.807, 2.05) is 30.3 Å². The minimum Gasteiger partial charge on any atom is -0.480 e. The van der Waals surface area contributed by atoms with Crippen molar-refractivity contribution in [2.75, 3.05) is 5.75 Å². The van der Waals surface area contributed by atoms with E-state index in [0.717, 1.165) is 62.7 Å². The maximum absolute atomic E-state index is 11.5. The number of hydrogen-bond acceptors (Lipinski definition) is 2. The molecule has 0 fully saturated rings. The van der Waals surface area contributed by atoms with E-state index in [9.17, 15) is 9.90 Å². The topological polar surface area (TPSA) is 37.3 Å². The standard InChI is InChI=1S/C28H38O2S/c1-2-3-4-5-6-7-8-9-10-11-12-13-14-15-16-17-18-22-25-31-27(28(29)30)26-23-20-19-21-24-26/h3-4,6-7,9-10,12-13,15-16,19-21,23-24,27H,2,5,8,11,14,17-18,22,25H2,1H3,(H,29,30). The SMILES string of the molecule is CCC=CCC=CCC=CCC=CCC=CCCCCSC(C(=O)O)c1ccccc1. The van der Waals surface area contributed by atoms with Crippen molar-refractivity contribution in [1.29, 1.82) is 0 Å². The Morgan fingerprint density at radius 1 is 0.806 bits per heavy atom. The predicted octanol–water partition coefficient (Wildman–Crippen LogP) is 8.47. The van der Waals surface area contributed by atoms with E-state index >= 15 is 0 Å². The summed E-state index contributed by atoms with van der Waals surface area (Å²) in [7, 11) is 0. The van der Waals surface area contributed by atoms with Crippen molar-refractivity contribution < 1.29 is 9.90 Å². The van der Waals surface area contributed by atoms with Crippen LogP contribution in [-0.4, -0.2) is 16.8 Å². The third-order valence-corrected chi connectivity index (χ3v) is 5.87. The molecular formula is C28H38O2S. The smallest absolute Gasteiger partial charge is 0.321 e. The van der Waals surface area contributed by atoms with Gasteiger partial charge < -0.3 is 5.11 Å². The molecule has 0 aliphatic rings. The first-order chi connectivity index (χ1) is 15.3. The van der Waals surface area contributed by atoms with Gasteiger partial charge in [-0.1, -0.05) is 98.0 Å². The van der Waals surface area contributed by atoms with Crippen molar-refractivity contribution in [3.05, 3.63) is 96.7 Å². The number of aliphatic carboxylic acids is 1. The van der Waals surface area contributed by atoms with Crippen molar-refractivity contribution in [3.63, 3.8) is 0 Å². The molecule has 0 radical (unpaired) electrons. The van der Waals surface area contributed by atoms with Gasteiger partial charge in [0, 0.05) is 0 Å². The number of carboxylic acid groups (broad SMARTS) is 1. The fourth-order valence-electron chi connectivity index (χ4n) is 2.87. The Balaban J connectivity index is 2.03. The summed E-state index contributed by atoms with van der Waals surface area (Å²) in [6.45, 7) is 2.15. The number of hydrogen-bond donors (Lipinski definition) is 1. The number of benzene rings is 1. The largest absolute Gasteiger partial charge is 0.480 e. The highest BCUT2D eigenvalue weighted by atomic mass is 32.2.